The molecule has 0 bridgehead atoms. The van der Waals surface area contributed by atoms with Crippen LogP contribution in [0.4, 0.5) is 0 Å². The first kappa shape index (κ1) is 15.9. The second-order valence-electron chi connectivity index (χ2n) is 5.60. The molecule has 1 fully saturated rings. The van der Waals surface area contributed by atoms with E-state index in [1.54, 1.807) is 6.20 Å². The van der Waals surface area contributed by atoms with Gasteiger partial charge in [-0.25, -0.2) is 0 Å². The number of pyridine rings is 1. The maximum Gasteiger partial charge on any atom is 0.0943 e. The summed E-state index contributed by atoms with van der Waals surface area (Å²) in [5.74, 6) is 0. The molecule has 0 aliphatic heterocycles. The smallest absolute Gasteiger partial charge is 0.0943 e. The van der Waals surface area contributed by atoms with E-state index in [0.29, 0.717) is 13.0 Å². The van der Waals surface area contributed by atoms with Crippen LogP contribution in [0.2, 0.25) is 0 Å². The molecule has 0 saturated heterocycles. The van der Waals surface area contributed by atoms with Crippen molar-refractivity contribution in [3.8, 4) is 0 Å². The van der Waals surface area contributed by atoms with E-state index in [-0.39, 0.29) is 5.60 Å². The molecular weight excluding hydrogens is 318 g/mol. The van der Waals surface area contributed by atoms with Gasteiger partial charge in [0.15, 0.2) is 0 Å². The number of aliphatic hydroxyl groups excluding tert-OH is 1. The van der Waals surface area contributed by atoms with E-state index in [9.17, 15) is 5.11 Å². The fourth-order valence-electron chi connectivity index (χ4n) is 3.10. The number of nitrogens with zero attached hydrogens (tertiary/aromatic N) is 1. The quantitative estimate of drug-likeness (QED) is 0.826. The first-order valence-corrected chi connectivity index (χ1v) is 8.38. The second-order valence-corrected chi connectivity index (χ2v) is 6.52. The molecule has 0 radical (unpaired) electrons. The Kier molecular flexibility index (Phi) is 6.00. The van der Waals surface area contributed by atoms with Gasteiger partial charge in [0, 0.05) is 29.4 Å². The SMILES string of the molecule is CCOC1(C(O)Cc2ccc(Br)cn2)CCCCCC1. The third-order valence-electron chi connectivity index (χ3n) is 4.18. The van der Waals surface area contributed by atoms with Gasteiger partial charge in [-0.15, -0.1) is 0 Å². The zero-order valence-electron chi connectivity index (χ0n) is 12.1. The van der Waals surface area contributed by atoms with Crippen LogP contribution < -0.4 is 0 Å². The fraction of sp³-hybridized carbons (Fsp3) is 0.688. The lowest BCUT2D eigenvalue weighted by Gasteiger charge is -2.37. The summed E-state index contributed by atoms with van der Waals surface area (Å²) in [5.41, 5.74) is 0.545. The van der Waals surface area contributed by atoms with E-state index < -0.39 is 6.10 Å². The summed E-state index contributed by atoms with van der Waals surface area (Å²) in [6.07, 6.45) is 8.56. The number of aliphatic hydroxyl groups is 1. The van der Waals surface area contributed by atoms with Gasteiger partial charge in [0.2, 0.25) is 0 Å². The van der Waals surface area contributed by atoms with Gasteiger partial charge in [0.1, 0.15) is 0 Å². The van der Waals surface area contributed by atoms with E-state index in [1.165, 1.54) is 12.8 Å². The first-order valence-electron chi connectivity index (χ1n) is 7.59. The van der Waals surface area contributed by atoms with E-state index in [0.717, 1.165) is 35.8 Å². The van der Waals surface area contributed by atoms with Crippen molar-refractivity contribution in [1.82, 2.24) is 4.98 Å². The van der Waals surface area contributed by atoms with Crippen LogP contribution in [0.3, 0.4) is 0 Å². The Morgan fingerprint density at radius 3 is 2.55 bits per heavy atom. The van der Waals surface area contributed by atoms with Crippen molar-refractivity contribution in [1.29, 1.82) is 0 Å². The minimum Gasteiger partial charge on any atom is -0.390 e. The molecule has 3 nitrogen and oxygen atoms in total. The molecule has 1 heterocycles. The van der Waals surface area contributed by atoms with Crippen molar-refractivity contribution < 1.29 is 9.84 Å². The van der Waals surface area contributed by atoms with E-state index in [4.69, 9.17) is 4.74 Å². The number of rotatable bonds is 5. The summed E-state index contributed by atoms with van der Waals surface area (Å²) in [6.45, 7) is 2.67. The summed E-state index contributed by atoms with van der Waals surface area (Å²) in [6, 6.07) is 3.93. The maximum absolute atomic E-state index is 10.7. The molecule has 1 unspecified atom stereocenters. The van der Waals surface area contributed by atoms with Gasteiger partial charge in [0.25, 0.3) is 0 Å². The van der Waals surface area contributed by atoms with Crippen molar-refractivity contribution in [3.05, 3.63) is 28.5 Å². The summed E-state index contributed by atoms with van der Waals surface area (Å²) in [7, 11) is 0. The normalized spacial score (nSPS) is 20.4. The van der Waals surface area contributed by atoms with Gasteiger partial charge >= 0.3 is 0 Å². The van der Waals surface area contributed by atoms with Crippen LogP contribution in [0.1, 0.15) is 51.1 Å². The molecule has 4 heteroatoms. The molecule has 0 spiro atoms. The van der Waals surface area contributed by atoms with Gasteiger partial charge in [-0.2, -0.15) is 0 Å². The van der Waals surface area contributed by atoms with E-state index in [2.05, 4.69) is 20.9 Å². The van der Waals surface area contributed by atoms with Crippen molar-refractivity contribution in [2.45, 2.75) is 63.6 Å². The fourth-order valence-corrected chi connectivity index (χ4v) is 3.33. The molecule has 0 aromatic carbocycles. The first-order chi connectivity index (χ1) is 9.66. The summed E-state index contributed by atoms with van der Waals surface area (Å²) < 4.78 is 6.98. The molecule has 112 valence electrons. The van der Waals surface area contributed by atoms with Gasteiger partial charge < -0.3 is 9.84 Å². The van der Waals surface area contributed by atoms with Crippen LogP contribution in [0, 0.1) is 0 Å². The number of halogens is 1. The average Bonchev–Trinajstić information content (AvgIpc) is 2.68. The van der Waals surface area contributed by atoms with Crippen LogP contribution in [0.15, 0.2) is 22.8 Å². The highest BCUT2D eigenvalue weighted by Crippen LogP contribution is 2.34. The van der Waals surface area contributed by atoms with Gasteiger partial charge in [-0.05, 0) is 47.8 Å². The molecule has 1 N–H and O–H groups in total. The van der Waals surface area contributed by atoms with Crippen LogP contribution >= 0.6 is 15.9 Å². The Bertz CT molecular complexity index is 399. The van der Waals surface area contributed by atoms with Crippen molar-refractivity contribution in [2.75, 3.05) is 6.61 Å². The summed E-state index contributed by atoms with van der Waals surface area (Å²) in [5, 5.41) is 10.7. The number of hydrogen-bond donors (Lipinski definition) is 1. The van der Waals surface area contributed by atoms with Crippen LogP contribution in [0.5, 0.6) is 0 Å². The van der Waals surface area contributed by atoms with Gasteiger partial charge in [0.05, 0.1) is 11.7 Å². The van der Waals surface area contributed by atoms with Gasteiger partial charge in [-0.3, -0.25) is 4.98 Å². The minimum atomic E-state index is -0.478. The molecule has 1 aliphatic carbocycles. The maximum atomic E-state index is 10.7. The topological polar surface area (TPSA) is 42.4 Å². The number of hydrogen-bond acceptors (Lipinski definition) is 3. The molecule has 2 rings (SSSR count). The van der Waals surface area contributed by atoms with Crippen molar-refractivity contribution >= 4 is 15.9 Å². The zero-order chi connectivity index (χ0) is 14.4. The predicted octanol–water partition coefficient (Wildman–Crippen LogP) is 3.88. The molecule has 1 atom stereocenters. The zero-order valence-corrected chi connectivity index (χ0v) is 13.7. The molecule has 20 heavy (non-hydrogen) atoms. The van der Waals surface area contributed by atoms with E-state index >= 15 is 0 Å². The van der Waals surface area contributed by atoms with Crippen molar-refractivity contribution in [2.24, 2.45) is 0 Å². The molecule has 1 saturated carbocycles. The lowest BCUT2D eigenvalue weighted by atomic mass is 9.85. The minimum absolute atomic E-state index is 0.375. The number of aromatic nitrogens is 1. The highest BCUT2D eigenvalue weighted by molar-refractivity contribution is 9.10. The predicted molar refractivity (Wildman–Crippen MR) is 83.7 cm³/mol. The Labute approximate surface area is 129 Å². The average molecular weight is 342 g/mol. The monoisotopic (exact) mass is 341 g/mol. The lowest BCUT2D eigenvalue weighted by Crippen LogP contribution is -2.46. The highest BCUT2D eigenvalue weighted by Gasteiger charge is 2.39. The third-order valence-corrected chi connectivity index (χ3v) is 4.65. The van der Waals surface area contributed by atoms with Crippen molar-refractivity contribution in [3.63, 3.8) is 0 Å². The molecule has 1 aromatic heterocycles. The summed E-state index contributed by atoms with van der Waals surface area (Å²) >= 11 is 3.38. The largest absolute Gasteiger partial charge is 0.390 e. The Morgan fingerprint density at radius 1 is 1.30 bits per heavy atom. The number of ether oxygens (including phenoxy) is 1. The molecular formula is C16H24BrNO2. The van der Waals surface area contributed by atoms with Gasteiger partial charge in [-0.1, -0.05) is 25.7 Å². The Balaban J connectivity index is 2.09. The Morgan fingerprint density at radius 2 is 2.00 bits per heavy atom. The van der Waals surface area contributed by atoms with Crippen LogP contribution in [0.25, 0.3) is 0 Å². The second kappa shape index (κ2) is 7.53. The molecule has 1 aromatic rings. The standard InChI is InChI=1S/C16H24BrNO2/c1-2-20-16(9-5-3-4-6-10-16)15(19)11-14-8-7-13(17)12-18-14/h7-8,12,15,19H,2-6,9-11H2,1H3. The van der Waals surface area contributed by atoms with Crippen LogP contribution in [-0.4, -0.2) is 28.4 Å². The Hall–Kier alpha value is -0.450. The molecule has 0 amide bonds. The lowest BCUT2D eigenvalue weighted by molar-refractivity contribution is -0.128. The van der Waals surface area contributed by atoms with Crippen LogP contribution in [-0.2, 0) is 11.2 Å². The third kappa shape index (κ3) is 4.03. The highest BCUT2D eigenvalue weighted by atomic mass is 79.9. The van der Waals surface area contributed by atoms with E-state index in [1.807, 2.05) is 19.1 Å². The molecule has 1 aliphatic rings. The summed E-state index contributed by atoms with van der Waals surface area (Å²) in [4.78, 5) is 4.37.